The van der Waals surface area contributed by atoms with Crippen LogP contribution in [-0.4, -0.2) is 25.6 Å². The predicted octanol–water partition coefficient (Wildman–Crippen LogP) is 2.12. The first-order valence-electron chi connectivity index (χ1n) is 7.00. The second-order valence-corrected chi connectivity index (χ2v) is 4.80. The van der Waals surface area contributed by atoms with Crippen molar-refractivity contribution in [2.24, 2.45) is 5.92 Å². The molecule has 1 unspecified atom stereocenters. The van der Waals surface area contributed by atoms with Crippen molar-refractivity contribution < 1.29 is 9.53 Å². The van der Waals surface area contributed by atoms with Gasteiger partial charge in [0.2, 0.25) is 5.91 Å². The average molecular weight is 299 g/mol. The number of benzene rings is 1. The van der Waals surface area contributed by atoms with Gasteiger partial charge in [-0.1, -0.05) is 18.2 Å². The van der Waals surface area contributed by atoms with Gasteiger partial charge in [0.05, 0.1) is 12.5 Å². The third-order valence-corrected chi connectivity index (χ3v) is 3.39. The molecule has 1 atom stereocenters. The van der Waals surface area contributed by atoms with E-state index in [1.54, 1.807) is 0 Å². The summed E-state index contributed by atoms with van der Waals surface area (Å²) in [5.41, 5.74) is 1.03. The molecular formula is C15H23ClN2O2. The van der Waals surface area contributed by atoms with Crippen LogP contribution in [0.3, 0.4) is 0 Å². The second kappa shape index (κ2) is 8.82. The van der Waals surface area contributed by atoms with Gasteiger partial charge in [0.1, 0.15) is 5.75 Å². The summed E-state index contributed by atoms with van der Waals surface area (Å²) in [6.07, 6.45) is 2.06. The Morgan fingerprint density at radius 2 is 2.25 bits per heavy atom. The van der Waals surface area contributed by atoms with Gasteiger partial charge in [0.25, 0.3) is 0 Å². The van der Waals surface area contributed by atoms with Gasteiger partial charge in [0.15, 0.2) is 0 Å². The SMILES string of the molecule is CCOc1ccccc1CNC(=O)C1CCCNC1.Cl. The minimum Gasteiger partial charge on any atom is -0.494 e. The van der Waals surface area contributed by atoms with Crippen LogP contribution in [0.2, 0.25) is 0 Å². The summed E-state index contributed by atoms with van der Waals surface area (Å²) in [6.45, 7) is 4.95. The van der Waals surface area contributed by atoms with E-state index in [4.69, 9.17) is 4.74 Å². The highest BCUT2D eigenvalue weighted by Gasteiger charge is 2.20. The third kappa shape index (κ3) is 4.69. The van der Waals surface area contributed by atoms with E-state index in [-0.39, 0.29) is 24.2 Å². The van der Waals surface area contributed by atoms with Gasteiger partial charge in [0, 0.05) is 18.7 Å². The largest absolute Gasteiger partial charge is 0.494 e. The van der Waals surface area contributed by atoms with Gasteiger partial charge in [-0.05, 0) is 32.4 Å². The Bertz CT molecular complexity index is 420. The van der Waals surface area contributed by atoms with Crippen molar-refractivity contribution in [3.8, 4) is 5.75 Å². The third-order valence-electron chi connectivity index (χ3n) is 3.39. The molecular weight excluding hydrogens is 276 g/mol. The summed E-state index contributed by atoms with van der Waals surface area (Å²) in [5, 5.41) is 6.27. The molecule has 0 bridgehead atoms. The number of hydrogen-bond donors (Lipinski definition) is 2. The van der Waals surface area contributed by atoms with Crippen LogP contribution in [0.5, 0.6) is 5.75 Å². The van der Waals surface area contributed by atoms with E-state index in [0.717, 1.165) is 37.2 Å². The van der Waals surface area contributed by atoms with E-state index in [2.05, 4.69) is 10.6 Å². The molecule has 0 spiro atoms. The molecule has 1 aromatic rings. The first kappa shape index (κ1) is 16.8. The number of para-hydroxylation sites is 1. The number of ether oxygens (including phenoxy) is 1. The number of nitrogens with one attached hydrogen (secondary N) is 2. The molecule has 20 heavy (non-hydrogen) atoms. The molecule has 1 fully saturated rings. The number of rotatable bonds is 5. The predicted molar refractivity (Wildman–Crippen MR) is 82.3 cm³/mol. The molecule has 2 rings (SSSR count). The summed E-state index contributed by atoms with van der Waals surface area (Å²) in [6, 6.07) is 7.84. The van der Waals surface area contributed by atoms with Gasteiger partial charge in [-0.25, -0.2) is 0 Å². The zero-order valence-corrected chi connectivity index (χ0v) is 12.7. The summed E-state index contributed by atoms with van der Waals surface area (Å²) in [5.74, 6) is 1.10. The van der Waals surface area contributed by atoms with Crippen molar-refractivity contribution in [1.82, 2.24) is 10.6 Å². The summed E-state index contributed by atoms with van der Waals surface area (Å²) in [4.78, 5) is 12.0. The molecule has 2 N–H and O–H groups in total. The fourth-order valence-corrected chi connectivity index (χ4v) is 2.35. The van der Waals surface area contributed by atoms with Crippen LogP contribution in [0.1, 0.15) is 25.3 Å². The molecule has 1 heterocycles. The van der Waals surface area contributed by atoms with Crippen LogP contribution in [0.25, 0.3) is 0 Å². The molecule has 1 aromatic carbocycles. The van der Waals surface area contributed by atoms with Crippen LogP contribution < -0.4 is 15.4 Å². The maximum atomic E-state index is 12.0. The number of carbonyl (C=O) groups is 1. The van der Waals surface area contributed by atoms with Crippen LogP contribution in [-0.2, 0) is 11.3 Å². The van der Waals surface area contributed by atoms with E-state index in [1.807, 2.05) is 31.2 Å². The molecule has 1 saturated heterocycles. The Hall–Kier alpha value is -1.26. The van der Waals surface area contributed by atoms with Crippen molar-refractivity contribution in [2.75, 3.05) is 19.7 Å². The molecule has 1 amide bonds. The topological polar surface area (TPSA) is 50.4 Å². The Balaban J connectivity index is 0.00000200. The maximum absolute atomic E-state index is 12.0. The number of piperidine rings is 1. The van der Waals surface area contributed by atoms with Crippen molar-refractivity contribution in [3.05, 3.63) is 29.8 Å². The Labute approximate surface area is 126 Å². The monoisotopic (exact) mass is 298 g/mol. The van der Waals surface area contributed by atoms with Crippen molar-refractivity contribution in [1.29, 1.82) is 0 Å². The standard InChI is InChI=1S/C15H22N2O2.ClH/c1-2-19-14-8-4-3-6-12(14)11-17-15(18)13-7-5-9-16-10-13;/h3-4,6,8,13,16H,2,5,7,9-11H2,1H3,(H,17,18);1H. The fourth-order valence-electron chi connectivity index (χ4n) is 2.35. The number of halogens is 1. The Morgan fingerprint density at radius 3 is 2.95 bits per heavy atom. The lowest BCUT2D eigenvalue weighted by Gasteiger charge is -2.22. The first-order valence-corrected chi connectivity index (χ1v) is 7.00. The molecule has 0 radical (unpaired) electrons. The highest BCUT2D eigenvalue weighted by molar-refractivity contribution is 5.85. The smallest absolute Gasteiger partial charge is 0.224 e. The van der Waals surface area contributed by atoms with Crippen molar-refractivity contribution in [3.63, 3.8) is 0 Å². The van der Waals surface area contributed by atoms with Gasteiger partial charge < -0.3 is 15.4 Å². The normalized spacial score (nSPS) is 17.9. The van der Waals surface area contributed by atoms with Gasteiger partial charge >= 0.3 is 0 Å². The molecule has 0 aromatic heterocycles. The van der Waals surface area contributed by atoms with Crippen LogP contribution >= 0.6 is 12.4 Å². The molecule has 0 aliphatic carbocycles. The molecule has 0 saturated carbocycles. The minimum absolute atomic E-state index is 0. The highest BCUT2D eigenvalue weighted by Crippen LogP contribution is 2.18. The fraction of sp³-hybridized carbons (Fsp3) is 0.533. The van der Waals surface area contributed by atoms with Gasteiger partial charge in [-0.3, -0.25) is 4.79 Å². The quantitative estimate of drug-likeness (QED) is 0.875. The second-order valence-electron chi connectivity index (χ2n) is 4.80. The van der Waals surface area contributed by atoms with E-state index in [1.165, 1.54) is 0 Å². The van der Waals surface area contributed by atoms with E-state index in [0.29, 0.717) is 13.2 Å². The van der Waals surface area contributed by atoms with Gasteiger partial charge in [-0.2, -0.15) is 0 Å². The zero-order valence-electron chi connectivity index (χ0n) is 11.9. The Morgan fingerprint density at radius 1 is 1.45 bits per heavy atom. The van der Waals surface area contributed by atoms with Crippen molar-refractivity contribution in [2.45, 2.75) is 26.3 Å². The number of carbonyl (C=O) groups excluding carboxylic acids is 1. The summed E-state index contributed by atoms with van der Waals surface area (Å²) in [7, 11) is 0. The molecule has 1 aliphatic heterocycles. The number of amides is 1. The summed E-state index contributed by atoms with van der Waals surface area (Å²) < 4.78 is 5.55. The van der Waals surface area contributed by atoms with Crippen LogP contribution in [0.4, 0.5) is 0 Å². The molecule has 4 nitrogen and oxygen atoms in total. The Kier molecular flexibility index (Phi) is 7.41. The van der Waals surface area contributed by atoms with Crippen molar-refractivity contribution >= 4 is 18.3 Å². The van der Waals surface area contributed by atoms with E-state index in [9.17, 15) is 4.79 Å². The average Bonchev–Trinajstić information content (AvgIpc) is 2.47. The van der Waals surface area contributed by atoms with Crippen LogP contribution in [0.15, 0.2) is 24.3 Å². The highest BCUT2D eigenvalue weighted by atomic mass is 35.5. The molecule has 1 aliphatic rings. The lowest BCUT2D eigenvalue weighted by molar-refractivity contribution is -0.125. The van der Waals surface area contributed by atoms with Gasteiger partial charge in [-0.15, -0.1) is 12.4 Å². The zero-order chi connectivity index (χ0) is 13.5. The molecule has 5 heteroatoms. The molecule has 112 valence electrons. The minimum atomic E-state index is 0. The van der Waals surface area contributed by atoms with Crippen LogP contribution in [0, 0.1) is 5.92 Å². The van der Waals surface area contributed by atoms with E-state index < -0.39 is 0 Å². The number of hydrogen-bond acceptors (Lipinski definition) is 3. The lowest BCUT2D eigenvalue weighted by atomic mass is 9.99. The lowest BCUT2D eigenvalue weighted by Crippen LogP contribution is -2.40. The first-order chi connectivity index (χ1) is 9.31. The maximum Gasteiger partial charge on any atom is 0.224 e. The summed E-state index contributed by atoms with van der Waals surface area (Å²) >= 11 is 0. The van der Waals surface area contributed by atoms with E-state index >= 15 is 0 Å².